The number of morpholine rings is 1. The highest BCUT2D eigenvalue weighted by Gasteiger charge is 2.11. The summed E-state index contributed by atoms with van der Waals surface area (Å²) >= 11 is 0. The molecule has 0 radical (unpaired) electrons. The van der Waals surface area contributed by atoms with E-state index in [-0.39, 0.29) is 0 Å². The Morgan fingerprint density at radius 1 is 1.50 bits per heavy atom. The molecule has 2 rings (SSSR count). The summed E-state index contributed by atoms with van der Waals surface area (Å²) in [6.07, 6.45) is 1.61. The maximum atomic E-state index is 5.23. The third-order valence-corrected chi connectivity index (χ3v) is 1.94. The number of nitrogens with one attached hydrogen (secondary N) is 1. The van der Waals surface area contributed by atoms with Crippen LogP contribution >= 0.6 is 0 Å². The van der Waals surface area contributed by atoms with Gasteiger partial charge in [0.25, 0.3) is 0 Å². The van der Waals surface area contributed by atoms with Gasteiger partial charge in [0, 0.05) is 13.1 Å². The Hall–Kier alpha value is -0.940. The third-order valence-electron chi connectivity index (χ3n) is 1.94. The van der Waals surface area contributed by atoms with Crippen LogP contribution in [0, 0.1) is 0 Å². The Kier molecular flexibility index (Phi) is 2.33. The van der Waals surface area contributed by atoms with Crippen molar-refractivity contribution in [1.82, 2.24) is 20.1 Å². The van der Waals surface area contributed by atoms with Crippen molar-refractivity contribution in [3.05, 3.63) is 12.2 Å². The molecule has 5 heteroatoms. The maximum Gasteiger partial charge on any atom is 0.144 e. The van der Waals surface area contributed by atoms with E-state index in [9.17, 15) is 0 Å². The van der Waals surface area contributed by atoms with Crippen molar-refractivity contribution in [2.24, 2.45) is 0 Å². The molecule has 0 aliphatic carbocycles. The zero-order valence-corrected chi connectivity index (χ0v) is 6.86. The number of H-pyrrole nitrogens is 1. The molecule has 12 heavy (non-hydrogen) atoms. The van der Waals surface area contributed by atoms with E-state index >= 15 is 0 Å². The fourth-order valence-electron chi connectivity index (χ4n) is 1.28. The lowest BCUT2D eigenvalue weighted by atomic mass is 10.4. The number of aromatic amines is 1. The lowest BCUT2D eigenvalue weighted by Crippen LogP contribution is -2.35. The molecule has 1 aliphatic rings. The van der Waals surface area contributed by atoms with Crippen LogP contribution in [0.4, 0.5) is 0 Å². The molecule has 0 atom stereocenters. The average Bonchev–Trinajstić information content (AvgIpc) is 2.59. The quantitative estimate of drug-likeness (QED) is 0.655. The summed E-state index contributed by atoms with van der Waals surface area (Å²) in [7, 11) is 0. The number of hydrogen-bond acceptors (Lipinski definition) is 4. The molecule has 0 aromatic carbocycles. The van der Waals surface area contributed by atoms with Gasteiger partial charge in [-0.2, -0.15) is 0 Å². The molecule has 1 aromatic rings. The summed E-state index contributed by atoms with van der Waals surface area (Å²) in [5.41, 5.74) is 0. The summed E-state index contributed by atoms with van der Waals surface area (Å²) < 4.78 is 5.23. The second kappa shape index (κ2) is 3.64. The van der Waals surface area contributed by atoms with Crippen molar-refractivity contribution in [3.63, 3.8) is 0 Å². The van der Waals surface area contributed by atoms with E-state index in [4.69, 9.17) is 4.74 Å². The smallest absolute Gasteiger partial charge is 0.144 e. The fourth-order valence-corrected chi connectivity index (χ4v) is 1.28. The monoisotopic (exact) mass is 168 g/mol. The highest BCUT2D eigenvalue weighted by atomic mass is 16.5. The van der Waals surface area contributed by atoms with Crippen LogP contribution in [-0.2, 0) is 11.3 Å². The van der Waals surface area contributed by atoms with Crippen molar-refractivity contribution >= 4 is 0 Å². The Labute approximate surface area is 70.7 Å². The van der Waals surface area contributed by atoms with Gasteiger partial charge in [-0.05, 0) is 0 Å². The Balaban J connectivity index is 1.86. The van der Waals surface area contributed by atoms with Crippen molar-refractivity contribution in [3.8, 4) is 0 Å². The minimum absolute atomic E-state index is 0.828. The zero-order valence-electron chi connectivity index (χ0n) is 6.86. The predicted molar refractivity (Wildman–Crippen MR) is 42.5 cm³/mol. The van der Waals surface area contributed by atoms with E-state index < -0.39 is 0 Å². The molecule has 1 saturated heterocycles. The van der Waals surface area contributed by atoms with Crippen LogP contribution in [0.2, 0.25) is 0 Å². The van der Waals surface area contributed by atoms with Crippen LogP contribution in [-0.4, -0.2) is 46.4 Å². The number of rotatable bonds is 2. The number of aromatic nitrogens is 3. The zero-order chi connectivity index (χ0) is 8.23. The van der Waals surface area contributed by atoms with E-state index in [1.165, 1.54) is 0 Å². The highest BCUT2D eigenvalue weighted by Crippen LogP contribution is 2.00. The van der Waals surface area contributed by atoms with E-state index in [0.29, 0.717) is 0 Å². The van der Waals surface area contributed by atoms with Crippen molar-refractivity contribution in [2.45, 2.75) is 6.54 Å². The number of hydrogen-bond donors (Lipinski definition) is 1. The van der Waals surface area contributed by atoms with Crippen LogP contribution in [0.15, 0.2) is 6.33 Å². The van der Waals surface area contributed by atoms with Gasteiger partial charge in [-0.25, -0.2) is 0 Å². The minimum Gasteiger partial charge on any atom is -0.379 e. The summed E-state index contributed by atoms with van der Waals surface area (Å²) in [5.74, 6) is 0.928. The lowest BCUT2D eigenvalue weighted by molar-refractivity contribution is 0.0331. The second-order valence-corrected chi connectivity index (χ2v) is 2.82. The second-order valence-electron chi connectivity index (χ2n) is 2.82. The standard InChI is InChI=1S/C7H12N4O/c1-3-12-4-2-11(1)5-7-8-6-9-10-7/h6H,1-5H2,(H,8,9,10). The minimum atomic E-state index is 0.828. The highest BCUT2D eigenvalue weighted by molar-refractivity contribution is 4.80. The first-order valence-electron chi connectivity index (χ1n) is 4.10. The van der Waals surface area contributed by atoms with Crippen molar-refractivity contribution < 1.29 is 4.74 Å². The van der Waals surface area contributed by atoms with Gasteiger partial charge in [0.2, 0.25) is 0 Å². The Morgan fingerprint density at radius 2 is 2.33 bits per heavy atom. The van der Waals surface area contributed by atoms with Gasteiger partial charge in [-0.3, -0.25) is 4.90 Å². The van der Waals surface area contributed by atoms with Gasteiger partial charge < -0.3 is 9.72 Å². The van der Waals surface area contributed by atoms with Gasteiger partial charge in [-0.1, -0.05) is 0 Å². The average molecular weight is 168 g/mol. The first-order valence-corrected chi connectivity index (χ1v) is 4.10. The molecule has 5 nitrogen and oxygen atoms in total. The molecule has 0 saturated carbocycles. The third kappa shape index (κ3) is 1.80. The van der Waals surface area contributed by atoms with Gasteiger partial charge in [0.05, 0.1) is 19.8 Å². The predicted octanol–water partition coefficient (Wildman–Crippen LogP) is -0.363. The van der Waals surface area contributed by atoms with E-state index in [1.807, 2.05) is 0 Å². The number of nitrogens with zero attached hydrogens (tertiary/aromatic N) is 3. The molecule has 1 N–H and O–H groups in total. The van der Waals surface area contributed by atoms with E-state index in [1.54, 1.807) is 6.33 Å². The topological polar surface area (TPSA) is 54.0 Å². The first-order chi connectivity index (χ1) is 5.95. The summed E-state index contributed by atoms with van der Waals surface area (Å²) in [6.45, 7) is 4.48. The van der Waals surface area contributed by atoms with Crippen LogP contribution in [0.25, 0.3) is 0 Å². The molecule has 0 amide bonds. The normalized spacial score (nSPS) is 19.7. The molecule has 0 bridgehead atoms. The largest absolute Gasteiger partial charge is 0.379 e. The van der Waals surface area contributed by atoms with Crippen molar-refractivity contribution in [1.29, 1.82) is 0 Å². The molecule has 1 fully saturated rings. The molecule has 1 aliphatic heterocycles. The molecule has 0 spiro atoms. The van der Waals surface area contributed by atoms with E-state index in [0.717, 1.165) is 38.7 Å². The van der Waals surface area contributed by atoms with Gasteiger partial charge in [0.1, 0.15) is 12.2 Å². The molecule has 1 aromatic heterocycles. The van der Waals surface area contributed by atoms with Crippen LogP contribution in [0.1, 0.15) is 5.82 Å². The SMILES string of the molecule is c1nnc(CN2CCOCC2)[nH]1. The lowest BCUT2D eigenvalue weighted by Gasteiger charge is -2.25. The van der Waals surface area contributed by atoms with Crippen LogP contribution in [0.3, 0.4) is 0 Å². The summed E-state index contributed by atoms with van der Waals surface area (Å²) in [5, 5.41) is 7.65. The van der Waals surface area contributed by atoms with Crippen molar-refractivity contribution in [2.75, 3.05) is 26.3 Å². The Bertz CT molecular complexity index is 217. The molecule has 0 unspecified atom stereocenters. The van der Waals surface area contributed by atoms with E-state index in [2.05, 4.69) is 20.1 Å². The first kappa shape index (κ1) is 7.70. The molecular formula is C7H12N4O. The summed E-state index contributed by atoms with van der Waals surface area (Å²) in [6, 6.07) is 0. The fraction of sp³-hybridized carbons (Fsp3) is 0.714. The summed E-state index contributed by atoms with van der Waals surface area (Å²) in [4.78, 5) is 5.28. The Morgan fingerprint density at radius 3 is 3.00 bits per heavy atom. The molecular weight excluding hydrogens is 156 g/mol. The van der Waals surface area contributed by atoms with Gasteiger partial charge in [-0.15, -0.1) is 10.2 Å². The van der Waals surface area contributed by atoms with Crippen LogP contribution < -0.4 is 0 Å². The molecule has 66 valence electrons. The number of ether oxygens (including phenoxy) is 1. The van der Waals surface area contributed by atoms with Gasteiger partial charge >= 0.3 is 0 Å². The molecule has 2 heterocycles. The van der Waals surface area contributed by atoms with Crippen LogP contribution in [0.5, 0.6) is 0 Å². The van der Waals surface area contributed by atoms with Gasteiger partial charge in [0.15, 0.2) is 0 Å². The maximum absolute atomic E-state index is 5.23.